The maximum Gasteiger partial charge on any atom is 0.335 e. The largest absolute Gasteiger partial charge is 0.479 e. The molecule has 1 aromatic carbocycles. The third kappa shape index (κ3) is 7.83. The second kappa shape index (κ2) is 14.1. The van der Waals surface area contributed by atoms with Gasteiger partial charge in [0.15, 0.2) is 6.10 Å². The van der Waals surface area contributed by atoms with E-state index in [1.807, 2.05) is 0 Å². The molecular formula is C20H30N2O12. The van der Waals surface area contributed by atoms with Crippen LogP contribution in [0.3, 0.4) is 0 Å². The van der Waals surface area contributed by atoms with Gasteiger partial charge in [-0.15, -0.1) is 0 Å². The predicted octanol–water partition coefficient (Wildman–Crippen LogP) is -2.90. The molecule has 34 heavy (non-hydrogen) atoms. The van der Waals surface area contributed by atoms with E-state index >= 15 is 0 Å². The molecule has 2 rings (SSSR count). The molecule has 1 amide bonds. The highest BCUT2D eigenvalue weighted by molar-refractivity contribution is 5.97. The van der Waals surface area contributed by atoms with Crippen LogP contribution in [-0.2, 0) is 30.4 Å². The SMILES string of the molecule is NOCCOCCOCCNC(=O)c1cc(CO)ccc1O[C@@H]1O[C@H](C(=O)O)[C@@H](O)[C@H](O)[C@H]1O. The first-order valence-corrected chi connectivity index (χ1v) is 10.4. The van der Waals surface area contributed by atoms with Crippen molar-refractivity contribution in [2.24, 2.45) is 5.90 Å². The van der Waals surface area contributed by atoms with E-state index in [1.54, 1.807) is 0 Å². The van der Waals surface area contributed by atoms with Crippen molar-refractivity contribution in [3.05, 3.63) is 29.3 Å². The fourth-order valence-electron chi connectivity index (χ4n) is 2.99. The molecule has 0 bridgehead atoms. The number of amides is 1. The van der Waals surface area contributed by atoms with E-state index in [9.17, 15) is 30.0 Å². The number of aliphatic carboxylic acids is 1. The highest BCUT2D eigenvalue weighted by Crippen LogP contribution is 2.27. The first kappa shape index (κ1) is 27.8. The Morgan fingerprint density at radius 1 is 1.00 bits per heavy atom. The van der Waals surface area contributed by atoms with Gasteiger partial charge in [-0.2, -0.15) is 0 Å². The minimum absolute atomic E-state index is 0.0417. The lowest BCUT2D eigenvalue weighted by Gasteiger charge is -2.38. The summed E-state index contributed by atoms with van der Waals surface area (Å²) in [6.45, 7) is 1.11. The Labute approximate surface area is 194 Å². The van der Waals surface area contributed by atoms with Crippen LogP contribution in [0.25, 0.3) is 0 Å². The van der Waals surface area contributed by atoms with Gasteiger partial charge in [-0.05, 0) is 17.7 Å². The maximum atomic E-state index is 12.7. The highest BCUT2D eigenvalue weighted by atomic mass is 16.7. The lowest BCUT2D eigenvalue weighted by atomic mass is 9.99. The second-order valence-corrected chi connectivity index (χ2v) is 7.19. The quantitative estimate of drug-likeness (QED) is 0.103. The van der Waals surface area contributed by atoms with Crippen LogP contribution in [0.15, 0.2) is 18.2 Å². The zero-order valence-electron chi connectivity index (χ0n) is 18.2. The van der Waals surface area contributed by atoms with Crippen LogP contribution in [0.5, 0.6) is 5.75 Å². The van der Waals surface area contributed by atoms with Gasteiger partial charge in [0.05, 0.1) is 45.2 Å². The van der Waals surface area contributed by atoms with E-state index < -0.39 is 42.6 Å². The summed E-state index contributed by atoms with van der Waals surface area (Å²) in [7, 11) is 0. The minimum Gasteiger partial charge on any atom is -0.479 e. The van der Waals surface area contributed by atoms with Crippen LogP contribution >= 0.6 is 0 Å². The molecule has 1 aliphatic heterocycles. The van der Waals surface area contributed by atoms with Crippen molar-refractivity contribution in [1.29, 1.82) is 0 Å². The number of carbonyl (C=O) groups is 2. The molecule has 0 saturated carbocycles. The van der Waals surface area contributed by atoms with Crippen LogP contribution in [0, 0.1) is 0 Å². The molecule has 0 unspecified atom stereocenters. The maximum absolute atomic E-state index is 12.7. The summed E-state index contributed by atoms with van der Waals surface area (Å²) in [6.07, 6.45) is -9.10. The van der Waals surface area contributed by atoms with E-state index in [2.05, 4.69) is 10.2 Å². The fraction of sp³-hybridized carbons (Fsp3) is 0.600. The molecular weight excluding hydrogens is 460 g/mol. The molecule has 14 nitrogen and oxygen atoms in total. The summed E-state index contributed by atoms with van der Waals surface area (Å²) >= 11 is 0. The molecule has 0 radical (unpaired) electrons. The van der Waals surface area contributed by atoms with Gasteiger partial charge >= 0.3 is 5.97 Å². The van der Waals surface area contributed by atoms with Gasteiger partial charge in [0.25, 0.3) is 5.91 Å². The Kier molecular flexibility index (Phi) is 11.5. The molecule has 8 N–H and O–H groups in total. The number of hydrogen-bond acceptors (Lipinski definition) is 12. The van der Waals surface area contributed by atoms with E-state index in [-0.39, 0.29) is 44.3 Å². The third-order valence-electron chi connectivity index (χ3n) is 4.78. The second-order valence-electron chi connectivity index (χ2n) is 7.19. The number of nitrogens with one attached hydrogen (secondary N) is 1. The number of ether oxygens (including phenoxy) is 4. The molecule has 0 spiro atoms. The molecule has 1 aromatic rings. The monoisotopic (exact) mass is 490 g/mol. The zero-order valence-corrected chi connectivity index (χ0v) is 18.2. The Bertz CT molecular complexity index is 795. The van der Waals surface area contributed by atoms with E-state index in [0.29, 0.717) is 18.8 Å². The number of hydrogen-bond donors (Lipinski definition) is 7. The van der Waals surface area contributed by atoms with Crippen LogP contribution in [0.4, 0.5) is 0 Å². The van der Waals surface area contributed by atoms with Crippen LogP contribution in [0.1, 0.15) is 15.9 Å². The van der Waals surface area contributed by atoms with Gasteiger partial charge < -0.3 is 54.6 Å². The van der Waals surface area contributed by atoms with Crippen LogP contribution < -0.4 is 16.0 Å². The number of aliphatic hydroxyl groups excluding tert-OH is 4. The molecule has 14 heteroatoms. The fourth-order valence-corrected chi connectivity index (χ4v) is 2.99. The molecule has 0 aromatic heterocycles. The van der Waals surface area contributed by atoms with E-state index in [1.165, 1.54) is 18.2 Å². The molecule has 5 atom stereocenters. The lowest BCUT2D eigenvalue weighted by Crippen LogP contribution is -2.61. The molecule has 1 saturated heterocycles. The molecule has 0 aliphatic carbocycles. The summed E-state index contributed by atoms with van der Waals surface area (Å²) in [4.78, 5) is 28.3. The van der Waals surface area contributed by atoms with Crippen LogP contribution in [-0.4, -0.2) is 108 Å². The normalized spacial score (nSPS) is 24.6. The van der Waals surface area contributed by atoms with Gasteiger partial charge in [-0.1, -0.05) is 6.07 Å². The Morgan fingerprint density at radius 3 is 2.32 bits per heavy atom. The summed E-state index contributed by atoms with van der Waals surface area (Å²) in [5.41, 5.74) is 0.344. The van der Waals surface area contributed by atoms with Crippen molar-refractivity contribution in [1.82, 2.24) is 5.32 Å². The Hall–Kier alpha value is -2.40. The van der Waals surface area contributed by atoms with Gasteiger partial charge in [-0.25, -0.2) is 10.7 Å². The number of carboxylic acid groups (broad SMARTS) is 1. The number of aliphatic hydroxyl groups is 4. The van der Waals surface area contributed by atoms with Crippen molar-refractivity contribution < 1.29 is 58.9 Å². The number of benzene rings is 1. The van der Waals surface area contributed by atoms with Gasteiger partial charge in [0.2, 0.25) is 6.29 Å². The van der Waals surface area contributed by atoms with Crippen molar-refractivity contribution in [3.8, 4) is 5.75 Å². The van der Waals surface area contributed by atoms with Crippen LogP contribution in [0.2, 0.25) is 0 Å². The molecule has 1 aliphatic rings. The molecule has 192 valence electrons. The highest BCUT2D eigenvalue weighted by Gasteiger charge is 2.48. The minimum atomic E-state index is -1.88. The summed E-state index contributed by atoms with van der Waals surface area (Å²) < 4.78 is 21.1. The van der Waals surface area contributed by atoms with Crippen molar-refractivity contribution in [3.63, 3.8) is 0 Å². The first-order valence-electron chi connectivity index (χ1n) is 10.4. The molecule has 1 fully saturated rings. The average Bonchev–Trinajstić information content (AvgIpc) is 2.83. The lowest BCUT2D eigenvalue weighted by molar-refractivity contribution is -0.271. The summed E-state index contributed by atoms with van der Waals surface area (Å²) in [6, 6.07) is 4.11. The van der Waals surface area contributed by atoms with Crippen molar-refractivity contribution in [2.45, 2.75) is 37.3 Å². The van der Waals surface area contributed by atoms with Gasteiger partial charge in [0, 0.05) is 6.54 Å². The smallest absolute Gasteiger partial charge is 0.335 e. The Balaban J connectivity index is 1.98. The molecule has 1 heterocycles. The summed E-state index contributed by atoms with van der Waals surface area (Å²) in [5, 5.41) is 51.1. The Morgan fingerprint density at radius 2 is 1.68 bits per heavy atom. The predicted molar refractivity (Wildman–Crippen MR) is 111 cm³/mol. The number of carboxylic acids is 1. The standard InChI is InChI=1S/C20H30N2O12/c21-32-8-7-31-6-5-30-4-3-22-18(27)12-9-11(10-23)1-2-13(12)33-20-16(26)14(24)15(25)17(34-20)19(28)29/h1-2,9,14-17,20,23-26H,3-8,10,21H2,(H,22,27)(H,28,29)/t14-,15-,16+,17-,20+/m0/s1. The third-order valence-corrected chi connectivity index (χ3v) is 4.78. The number of nitrogens with two attached hydrogens (primary N) is 1. The van der Waals surface area contributed by atoms with Crippen molar-refractivity contribution >= 4 is 11.9 Å². The van der Waals surface area contributed by atoms with Crippen molar-refractivity contribution in [2.75, 3.05) is 39.6 Å². The average molecular weight is 490 g/mol. The number of rotatable bonds is 14. The zero-order chi connectivity index (χ0) is 25.1. The first-order chi connectivity index (χ1) is 16.3. The summed E-state index contributed by atoms with van der Waals surface area (Å²) in [5.74, 6) is 2.58. The van der Waals surface area contributed by atoms with E-state index in [0.717, 1.165) is 0 Å². The van der Waals surface area contributed by atoms with Gasteiger partial charge in [-0.3, -0.25) is 4.79 Å². The topological polar surface area (TPSA) is 219 Å². The number of carbonyl (C=O) groups excluding carboxylic acids is 1. The van der Waals surface area contributed by atoms with E-state index in [4.69, 9.17) is 30.0 Å². The van der Waals surface area contributed by atoms with Gasteiger partial charge in [0.1, 0.15) is 24.1 Å².